The summed E-state index contributed by atoms with van der Waals surface area (Å²) in [6.07, 6.45) is 2.21. The minimum absolute atomic E-state index is 0.0988. The number of nitrogens with one attached hydrogen (secondary N) is 1. The summed E-state index contributed by atoms with van der Waals surface area (Å²) < 4.78 is 14.1. The zero-order valence-electron chi connectivity index (χ0n) is 11.6. The minimum Gasteiger partial charge on any atom is -0.480 e. The SMILES string of the molecule is O=C(O)Cn1ccc(NC(=O)C2CC2c2ccc(F)cc2)n1. The molecule has 1 fully saturated rings. The number of carbonyl (C=O) groups excluding carboxylic acids is 1. The molecule has 2 unspecified atom stereocenters. The molecule has 1 aliphatic rings. The Balaban J connectivity index is 1.58. The van der Waals surface area contributed by atoms with E-state index >= 15 is 0 Å². The topological polar surface area (TPSA) is 84.2 Å². The molecule has 0 radical (unpaired) electrons. The lowest BCUT2D eigenvalue weighted by Gasteiger charge is -2.02. The fourth-order valence-electron chi connectivity index (χ4n) is 2.44. The summed E-state index contributed by atoms with van der Waals surface area (Å²) in [6, 6.07) is 7.70. The molecule has 3 rings (SSSR count). The van der Waals surface area contributed by atoms with Gasteiger partial charge in [-0.15, -0.1) is 0 Å². The molecule has 1 aromatic heterocycles. The zero-order valence-corrected chi connectivity index (χ0v) is 11.6. The molecule has 0 bridgehead atoms. The monoisotopic (exact) mass is 303 g/mol. The Hall–Kier alpha value is -2.70. The van der Waals surface area contributed by atoms with Crippen LogP contribution in [0.25, 0.3) is 0 Å². The maximum atomic E-state index is 12.9. The van der Waals surface area contributed by atoms with Crippen LogP contribution in [0.5, 0.6) is 0 Å². The van der Waals surface area contributed by atoms with E-state index in [1.165, 1.54) is 23.0 Å². The van der Waals surface area contributed by atoms with Crippen LogP contribution in [0, 0.1) is 11.7 Å². The fraction of sp³-hybridized carbons (Fsp3) is 0.267. The highest BCUT2D eigenvalue weighted by Gasteiger charge is 2.44. The van der Waals surface area contributed by atoms with Crippen LogP contribution in [0.1, 0.15) is 17.9 Å². The first kappa shape index (κ1) is 14.2. The van der Waals surface area contributed by atoms with Gasteiger partial charge in [-0.05, 0) is 30.0 Å². The van der Waals surface area contributed by atoms with Crippen LogP contribution in [0.4, 0.5) is 10.2 Å². The summed E-state index contributed by atoms with van der Waals surface area (Å²) in [5.74, 6) is -1.18. The number of aliphatic carboxylic acids is 1. The van der Waals surface area contributed by atoms with Gasteiger partial charge >= 0.3 is 5.97 Å². The maximum Gasteiger partial charge on any atom is 0.325 e. The Kier molecular flexibility index (Phi) is 3.62. The van der Waals surface area contributed by atoms with Gasteiger partial charge in [0.15, 0.2) is 5.82 Å². The fourth-order valence-corrected chi connectivity index (χ4v) is 2.44. The first-order valence-corrected chi connectivity index (χ1v) is 6.84. The summed E-state index contributed by atoms with van der Waals surface area (Å²) in [7, 11) is 0. The lowest BCUT2D eigenvalue weighted by atomic mass is 10.1. The third-order valence-corrected chi connectivity index (χ3v) is 3.61. The summed E-state index contributed by atoms with van der Waals surface area (Å²) in [5.41, 5.74) is 0.943. The van der Waals surface area contributed by atoms with Gasteiger partial charge in [0.25, 0.3) is 0 Å². The van der Waals surface area contributed by atoms with Gasteiger partial charge in [0.1, 0.15) is 12.4 Å². The van der Waals surface area contributed by atoms with Crippen molar-refractivity contribution in [3.63, 3.8) is 0 Å². The van der Waals surface area contributed by atoms with Crippen LogP contribution in [0.2, 0.25) is 0 Å². The normalized spacial score (nSPS) is 19.7. The predicted octanol–water partition coefficient (Wildman–Crippen LogP) is 1.85. The van der Waals surface area contributed by atoms with E-state index in [0.29, 0.717) is 12.2 Å². The molecule has 1 saturated carbocycles. The number of benzene rings is 1. The van der Waals surface area contributed by atoms with Crippen LogP contribution in [0.3, 0.4) is 0 Å². The van der Waals surface area contributed by atoms with Gasteiger partial charge in [-0.3, -0.25) is 14.3 Å². The van der Waals surface area contributed by atoms with Crippen molar-refractivity contribution in [2.45, 2.75) is 18.9 Å². The Bertz CT molecular complexity index is 711. The number of hydrogen-bond acceptors (Lipinski definition) is 3. The van der Waals surface area contributed by atoms with Gasteiger partial charge in [0, 0.05) is 18.2 Å². The third-order valence-electron chi connectivity index (χ3n) is 3.61. The van der Waals surface area contributed by atoms with E-state index < -0.39 is 5.97 Å². The number of carboxylic acids is 1. The third kappa shape index (κ3) is 3.13. The molecule has 22 heavy (non-hydrogen) atoms. The smallest absolute Gasteiger partial charge is 0.325 e. The average molecular weight is 303 g/mol. The Morgan fingerprint density at radius 2 is 2.05 bits per heavy atom. The molecule has 1 heterocycles. The lowest BCUT2D eigenvalue weighted by Crippen LogP contribution is -2.16. The largest absolute Gasteiger partial charge is 0.480 e. The van der Waals surface area contributed by atoms with Crippen molar-refractivity contribution in [2.75, 3.05) is 5.32 Å². The number of rotatable bonds is 5. The molecule has 1 amide bonds. The predicted molar refractivity (Wildman–Crippen MR) is 75.7 cm³/mol. The molecule has 1 aliphatic carbocycles. The molecular formula is C15H14FN3O3. The Labute approximate surface area is 125 Å². The van der Waals surface area contributed by atoms with E-state index in [2.05, 4.69) is 10.4 Å². The van der Waals surface area contributed by atoms with Gasteiger partial charge in [-0.2, -0.15) is 5.10 Å². The standard InChI is InChI=1S/C15H14FN3O3/c16-10-3-1-9(2-4-10)11-7-12(11)15(22)17-13-5-6-19(18-13)8-14(20)21/h1-6,11-12H,7-8H2,(H,20,21)(H,17,18,22). The highest BCUT2D eigenvalue weighted by Crippen LogP contribution is 2.47. The molecular weight excluding hydrogens is 289 g/mol. The molecule has 2 aromatic rings. The molecule has 2 atom stereocenters. The van der Waals surface area contributed by atoms with Crippen LogP contribution in [-0.2, 0) is 16.1 Å². The van der Waals surface area contributed by atoms with Gasteiger partial charge < -0.3 is 10.4 Å². The van der Waals surface area contributed by atoms with Gasteiger partial charge in [-0.1, -0.05) is 12.1 Å². The first-order valence-electron chi connectivity index (χ1n) is 6.84. The second-order valence-corrected chi connectivity index (χ2v) is 5.28. The molecule has 1 aromatic carbocycles. The van der Waals surface area contributed by atoms with Gasteiger partial charge in [-0.25, -0.2) is 4.39 Å². The first-order chi connectivity index (χ1) is 10.5. The summed E-state index contributed by atoms with van der Waals surface area (Å²) in [4.78, 5) is 22.7. The summed E-state index contributed by atoms with van der Waals surface area (Å²) >= 11 is 0. The molecule has 6 nitrogen and oxygen atoms in total. The molecule has 7 heteroatoms. The summed E-state index contributed by atoms with van der Waals surface area (Å²) in [6.45, 7) is -0.252. The lowest BCUT2D eigenvalue weighted by molar-refractivity contribution is -0.137. The Morgan fingerprint density at radius 1 is 1.32 bits per heavy atom. The second kappa shape index (κ2) is 5.59. The highest BCUT2D eigenvalue weighted by atomic mass is 19.1. The van der Waals surface area contributed by atoms with Crippen LogP contribution in [0.15, 0.2) is 36.5 Å². The number of carbonyl (C=O) groups is 2. The highest BCUT2D eigenvalue weighted by molar-refractivity contribution is 5.94. The van der Waals surface area contributed by atoms with E-state index in [1.54, 1.807) is 18.2 Å². The number of amides is 1. The number of hydrogen-bond donors (Lipinski definition) is 2. The Morgan fingerprint density at radius 3 is 2.73 bits per heavy atom. The van der Waals surface area contributed by atoms with Crippen LogP contribution < -0.4 is 5.32 Å². The van der Waals surface area contributed by atoms with Crippen LogP contribution >= 0.6 is 0 Å². The van der Waals surface area contributed by atoms with Gasteiger partial charge in [0.05, 0.1) is 0 Å². The zero-order chi connectivity index (χ0) is 15.7. The van der Waals surface area contributed by atoms with Crippen molar-refractivity contribution < 1.29 is 19.1 Å². The molecule has 2 N–H and O–H groups in total. The molecule has 114 valence electrons. The van der Waals surface area contributed by atoms with Crippen molar-refractivity contribution in [1.82, 2.24) is 9.78 Å². The van der Waals surface area contributed by atoms with E-state index in [0.717, 1.165) is 5.56 Å². The number of nitrogens with zero attached hydrogens (tertiary/aromatic N) is 2. The van der Waals surface area contributed by atoms with Crippen molar-refractivity contribution >= 4 is 17.7 Å². The van der Waals surface area contributed by atoms with E-state index in [9.17, 15) is 14.0 Å². The molecule has 0 aliphatic heterocycles. The van der Waals surface area contributed by atoms with Crippen LogP contribution in [-0.4, -0.2) is 26.8 Å². The quantitative estimate of drug-likeness (QED) is 0.883. The minimum atomic E-state index is -1.00. The van der Waals surface area contributed by atoms with Crippen molar-refractivity contribution in [3.8, 4) is 0 Å². The average Bonchev–Trinajstić information content (AvgIpc) is 3.15. The van der Waals surface area contributed by atoms with E-state index in [1.807, 2.05) is 0 Å². The van der Waals surface area contributed by atoms with E-state index in [4.69, 9.17) is 5.11 Å². The molecule has 0 spiro atoms. The number of halogens is 1. The van der Waals surface area contributed by atoms with Gasteiger partial charge in [0.2, 0.25) is 5.91 Å². The molecule has 0 saturated heterocycles. The number of carboxylic acid groups (broad SMARTS) is 1. The number of anilines is 1. The summed E-state index contributed by atoms with van der Waals surface area (Å²) in [5, 5.41) is 15.3. The van der Waals surface area contributed by atoms with E-state index in [-0.39, 0.29) is 30.1 Å². The van der Waals surface area contributed by atoms with Crippen molar-refractivity contribution in [1.29, 1.82) is 0 Å². The van der Waals surface area contributed by atoms with Crippen molar-refractivity contribution in [3.05, 3.63) is 47.9 Å². The van der Waals surface area contributed by atoms with Crippen molar-refractivity contribution in [2.24, 2.45) is 5.92 Å². The maximum absolute atomic E-state index is 12.9. The number of aromatic nitrogens is 2. The second-order valence-electron chi connectivity index (χ2n) is 5.28.